The molecule has 0 aromatic carbocycles. The number of β-amino-alcohol motifs (C(OH)–C–C–N with tert-alkyl or cyclic N) is 1. The Hall–Kier alpha value is -1.10. The fourth-order valence-electron chi connectivity index (χ4n) is 1.66. The van der Waals surface area contributed by atoms with Crippen molar-refractivity contribution in [2.45, 2.75) is 38.2 Å². The first-order valence-corrected chi connectivity index (χ1v) is 5.13. The van der Waals surface area contributed by atoms with Crippen LogP contribution in [-0.4, -0.2) is 45.7 Å². The summed E-state index contributed by atoms with van der Waals surface area (Å²) in [4.78, 5) is 23.2. The normalized spacial score (nSPS) is 18.4. The van der Waals surface area contributed by atoms with Gasteiger partial charge in [-0.2, -0.15) is 0 Å². The third-order valence-corrected chi connectivity index (χ3v) is 2.45. The molecule has 0 aromatic rings. The van der Waals surface area contributed by atoms with Gasteiger partial charge in [-0.25, -0.2) is 0 Å². The largest absolute Gasteiger partial charge is 0.481 e. The number of carboxylic acid groups (broad SMARTS) is 1. The van der Waals surface area contributed by atoms with Crippen LogP contribution in [0.1, 0.15) is 32.6 Å². The van der Waals surface area contributed by atoms with Crippen LogP contribution in [0, 0.1) is 0 Å². The maximum Gasteiger partial charge on any atom is 0.303 e. The van der Waals surface area contributed by atoms with E-state index in [4.69, 9.17) is 5.11 Å². The van der Waals surface area contributed by atoms with Gasteiger partial charge in [0.05, 0.1) is 18.7 Å². The number of amides is 1. The molecule has 1 heterocycles. The van der Waals surface area contributed by atoms with Gasteiger partial charge in [-0.05, 0) is 19.8 Å². The average molecular weight is 215 g/mol. The highest BCUT2D eigenvalue weighted by Crippen LogP contribution is 2.20. The summed E-state index contributed by atoms with van der Waals surface area (Å²) < 4.78 is 0. The standard InChI is InChI=1S/C10H17NO4/c1-10(15)6-11(7-10)8(12)4-2-3-5-9(13)14/h15H,2-7H2,1H3,(H,13,14). The van der Waals surface area contributed by atoms with Crippen LogP contribution < -0.4 is 0 Å². The van der Waals surface area contributed by atoms with Crippen molar-refractivity contribution in [2.24, 2.45) is 0 Å². The van der Waals surface area contributed by atoms with E-state index in [2.05, 4.69) is 0 Å². The molecule has 0 atom stereocenters. The third-order valence-electron chi connectivity index (χ3n) is 2.45. The Morgan fingerprint density at radius 1 is 1.27 bits per heavy atom. The number of hydrogen-bond donors (Lipinski definition) is 2. The number of aliphatic hydroxyl groups is 1. The molecule has 0 aromatic heterocycles. The van der Waals surface area contributed by atoms with E-state index in [1.807, 2.05) is 0 Å². The summed E-state index contributed by atoms with van der Waals surface area (Å²) in [7, 11) is 0. The number of nitrogens with zero attached hydrogens (tertiary/aromatic N) is 1. The first-order valence-electron chi connectivity index (χ1n) is 5.13. The Kier molecular flexibility index (Phi) is 3.68. The molecular formula is C10H17NO4. The number of aliphatic carboxylic acids is 1. The van der Waals surface area contributed by atoms with Gasteiger partial charge in [0.15, 0.2) is 0 Å². The Bertz CT molecular complexity index is 254. The average Bonchev–Trinajstić information content (AvgIpc) is 2.07. The smallest absolute Gasteiger partial charge is 0.303 e. The van der Waals surface area contributed by atoms with Gasteiger partial charge >= 0.3 is 5.97 Å². The van der Waals surface area contributed by atoms with Crippen LogP contribution in [0.25, 0.3) is 0 Å². The number of carboxylic acids is 1. The molecule has 0 aliphatic carbocycles. The van der Waals surface area contributed by atoms with Crippen LogP contribution in [-0.2, 0) is 9.59 Å². The number of unbranched alkanes of at least 4 members (excludes halogenated alkanes) is 1. The predicted molar refractivity (Wildman–Crippen MR) is 53.3 cm³/mol. The molecule has 0 spiro atoms. The number of hydrogen-bond acceptors (Lipinski definition) is 3. The molecule has 5 heteroatoms. The zero-order valence-electron chi connectivity index (χ0n) is 8.90. The number of rotatable bonds is 5. The highest BCUT2D eigenvalue weighted by atomic mass is 16.4. The molecule has 5 nitrogen and oxygen atoms in total. The minimum Gasteiger partial charge on any atom is -0.481 e. The second-order valence-electron chi connectivity index (χ2n) is 4.35. The Balaban J connectivity index is 2.08. The van der Waals surface area contributed by atoms with Crippen LogP contribution in [0.2, 0.25) is 0 Å². The number of likely N-dealkylation sites (tertiary alicyclic amines) is 1. The molecule has 1 aliphatic rings. The van der Waals surface area contributed by atoms with Gasteiger partial charge in [0.2, 0.25) is 5.91 Å². The maximum atomic E-state index is 11.4. The molecular weight excluding hydrogens is 198 g/mol. The van der Waals surface area contributed by atoms with E-state index >= 15 is 0 Å². The zero-order chi connectivity index (χ0) is 11.5. The summed E-state index contributed by atoms with van der Waals surface area (Å²) in [5.74, 6) is -0.818. The monoisotopic (exact) mass is 215 g/mol. The summed E-state index contributed by atoms with van der Waals surface area (Å²) in [5, 5.41) is 17.8. The van der Waals surface area contributed by atoms with Crippen molar-refractivity contribution in [1.82, 2.24) is 4.90 Å². The van der Waals surface area contributed by atoms with Crippen molar-refractivity contribution in [1.29, 1.82) is 0 Å². The molecule has 0 saturated carbocycles. The van der Waals surface area contributed by atoms with Gasteiger partial charge in [-0.1, -0.05) is 0 Å². The van der Waals surface area contributed by atoms with Crippen LogP contribution >= 0.6 is 0 Å². The lowest BCUT2D eigenvalue weighted by Crippen LogP contribution is -2.61. The van der Waals surface area contributed by atoms with Gasteiger partial charge in [-0.3, -0.25) is 9.59 Å². The second kappa shape index (κ2) is 4.61. The maximum absolute atomic E-state index is 11.4. The molecule has 1 amide bonds. The lowest BCUT2D eigenvalue weighted by Gasteiger charge is -2.44. The fraction of sp³-hybridized carbons (Fsp3) is 0.800. The molecule has 15 heavy (non-hydrogen) atoms. The SMILES string of the molecule is CC1(O)CN(C(=O)CCCCC(=O)O)C1. The van der Waals surface area contributed by atoms with E-state index in [1.165, 1.54) is 0 Å². The molecule has 0 unspecified atom stereocenters. The van der Waals surface area contributed by atoms with Crippen molar-refractivity contribution >= 4 is 11.9 Å². The predicted octanol–water partition coefficient (Wildman–Crippen LogP) is 0.225. The van der Waals surface area contributed by atoms with E-state index < -0.39 is 11.6 Å². The van der Waals surface area contributed by atoms with E-state index in [0.29, 0.717) is 32.4 Å². The molecule has 0 bridgehead atoms. The first-order chi connectivity index (χ1) is 6.91. The number of carbonyl (C=O) groups excluding carboxylic acids is 1. The van der Waals surface area contributed by atoms with Gasteiger partial charge in [0.1, 0.15) is 0 Å². The second-order valence-corrected chi connectivity index (χ2v) is 4.35. The Morgan fingerprint density at radius 2 is 1.80 bits per heavy atom. The third kappa shape index (κ3) is 3.87. The summed E-state index contributed by atoms with van der Waals surface area (Å²) in [6.45, 7) is 2.48. The molecule has 1 fully saturated rings. The van der Waals surface area contributed by atoms with E-state index in [9.17, 15) is 14.7 Å². The van der Waals surface area contributed by atoms with E-state index in [0.717, 1.165) is 0 Å². The van der Waals surface area contributed by atoms with Gasteiger partial charge in [-0.15, -0.1) is 0 Å². The topological polar surface area (TPSA) is 77.8 Å². The highest BCUT2D eigenvalue weighted by Gasteiger charge is 2.38. The van der Waals surface area contributed by atoms with Crippen molar-refractivity contribution < 1.29 is 19.8 Å². The minimum atomic E-state index is -0.825. The van der Waals surface area contributed by atoms with Crippen LogP contribution in [0.3, 0.4) is 0 Å². The molecule has 1 rings (SSSR count). The van der Waals surface area contributed by atoms with Gasteiger partial charge < -0.3 is 15.1 Å². The highest BCUT2D eigenvalue weighted by molar-refractivity contribution is 5.77. The molecule has 86 valence electrons. The fourth-order valence-corrected chi connectivity index (χ4v) is 1.66. The minimum absolute atomic E-state index is 0.00640. The summed E-state index contributed by atoms with van der Waals surface area (Å²) in [6.07, 6.45) is 1.63. The van der Waals surface area contributed by atoms with Crippen molar-refractivity contribution in [2.75, 3.05) is 13.1 Å². The van der Waals surface area contributed by atoms with Crippen LogP contribution in [0.15, 0.2) is 0 Å². The van der Waals surface area contributed by atoms with Gasteiger partial charge in [0.25, 0.3) is 0 Å². The molecule has 0 radical (unpaired) electrons. The summed E-state index contributed by atoms with van der Waals surface area (Å²) >= 11 is 0. The Morgan fingerprint density at radius 3 is 2.27 bits per heavy atom. The van der Waals surface area contributed by atoms with E-state index in [-0.39, 0.29) is 12.3 Å². The lowest BCUT2D eigenvalue weighted by atomic mass is 9.96. The van der Waals surface area contributed by atoms with Crippen molar-refractivity contribution in [3.63, 3.8) is 0 Å². The quantitative estimate of drug-likeness (QED) is 0.643. The van der Waals surface area contributed by atoms with Gasteiger partial charge in [0, 0.05) is 12.8 Å². The number of carbonyl (C=O) groups is 2. The summed E-state index contributed by atoms with van der Waals surface area (Å²) in [5.41, 5.74) is -0.725. The summed E-state index contributed by atoms with van der Waals surface area (Å²) in [6, 6.07) is 0. The lowest BCUT2D eigenvalue weighted by molar-refractivity contribution is -0.152. The van der Waals surface area contributed by atoms with Crippen molar-refractivity contribution in [3.8, 4) is 0 Å². The molecule has 1 aliphatic heterocycles. The van der Waals surface area contributed by atoms with E-state index in [1.54, 1.807) is 11.8 Å². The van der Waals surface area contributed by atoms with Crippen LogP contribution in [0.4, 0.5) is 0 Å². The first kappa shape index (κ1) is 12.0. The van der Waals surface area contributed by atoms with Crippen molar-refractivity contribution in [3.05, 3.63) is 0 Å². The van der Waals surface area contributed by atoms with Crippen LogP contribution in [0.5, 0.6) is 0 Å². The Labute approximate surface area is 88.7 Å². The zero-order valence-corrected chi connectivity index (χ0v) is 8.90. The molecule has 2 N–H and O–H groups in total. The molecule has 1 saturated heterocycles.